The second-order valence-corrected chi connectivity index (χ2v) is 7.71. The third kappa shape index (κ3) is 6.27. The van der Waals surface area contributed by atoms with Crippen molar-refractivity contribution in [3.8, 4) is 11.1 Å². The summed E-state index contributed by atoms with van der Waals surface area (Å²) in [7, 11) is 0. The number of aliphatic hydroxyl groups is 1. The van der Waals surface area contributed by atoms with E-state index in [1.54, 1.807) is 6.92 Å². The predicted octanol–water partition coefficient (Wildman–Crippen LogP) is 2.10. The van der Waals surface area contributed by atoms with Gasteiger partial charge in [-0.25, -0.2) is 9.86 Å². The molecule has 2 unspecified atom stereocenters. The second kappa shape index (κ2) is 11.2. The van der Waals surface area contributed by atoms with Gasteiger partial charge in [-0.05, 0) is 30.0 Å². The molecule has 10 nitrogen and oxygen atoms in total. The number of hydroxylamine groups is 2. The highest BCUT2D eigenvalue weighted by molar-refractivity contribution is 5.97. The fraction of sp³-hybridized carbons (Fsp3) is 0.250. The minimum absolute atomic E-state index is 0.0397. The summed E-state index contributed by atoms with van der Waals surface area (Å²) in [4.78, 5) is 35.9. The summed E-state index contributed by atoms with van der Waals surface area (Å²) in [6.07, 6.45) is -1.62. The Bertz CT molecular complexity index is 1130. The molecule has 0 spiro atoms. The Kier molecular flexibility index (Phi) is 8.12. The standard InChI is InChI=1S/C24H26N4O6/c1-2-28(34)23(31)20-14-19(26-27-20)22(30)25-18(13-21(29)24(32)33)12-15-8-10-17(11-9-15)16-6-4-3-5-7-16/h3-11,14,18,21,29,34H,2,12-13H2,1H3,(H,25,30)(H,26,27)(H,32,33). The number of aromatic amines is 1. The van der Waals surface area contributed by atoms with Crippen LogP contribution in [0.1, 0.15) is 39.9 Å². The molecule has 0 aliphatic heterocycles. The van der Waals surface area contributed by atoms with E-state index in [4.69, 9.17) is 5.11 Å². The Hall–Kier alpha value is -4.02. The summed E-state index contributed by atoms with van der Waals surface area (Å²) in [6, 6.07) is 17.9. The normalized spacial score (nSPS) is 12.6. The number of nitrogens with one attached hydrogen (secondary N) is 2. The van der Waals surface area contributed by atoms with Crippen LogP contribution in [0.3, 0.4) is 0 Å². The number of carbonyl (C=O) groups is 3. The number of hydrogen-bond donors (Lipinski definition) is 5. The maximum atomic E-state index is 12.7. The zero-order valence-electron chi connectivity index (χ0n) is 18.5. The minimum atomic E-state index is -1.67. The smallest absolute Gasteiger partial charge is 0.332 e. The number of rotatable bonds is 10. The number of benzene rings is 2. The minimum Gasteiger partial charge on any atom is -0.479 e. The van der Waals surface area contributed by atoms with Gasteiger partial charge in [0.1, 0.15) is 5.69 Å². The van der Waals surface area contributed by atoms with Crippen LogP contribution in [0, 0.1) is 0 Å². The zero-order valence-corrected chi connectivity index (χ0v) is 18.5. The molecule has 178 valence electrons. The van der Waals surface area contributed by atoms with Crippen molar-refractivity contribution in [3.05, 3.63) is 77.6 Å². The molecule has 0 fully saturated rings. The summed E-state index contributed by atoms with van der Waals surface area (Å²) in [5, 5.41) is 37.8. The maximum absolute atomic E-state index is 12.7. The van der Waals surface area contributed by atoms with Crippen molar-refractivity contribution in [2.24, 2.45) is 0 Å². The first-order chi connectivity index (χ1) is 16.3. The van der Waals surface area contributed by atoms with Crippen LogP contribution in [0.4, 0.5) is 0 Å². The average Bonchev–Trinajstić information content (AvgIpc) is 3.34. The molecule has 1 aromatic heterocycles. The number of amides is 2. The third-order valence-corrected chi connectivity index (χ3v) is 5.25. The van der Waals surface area contributed by atoms with Gasteiger partial charge in [0.25, 0.3) is 11.8 Å². The summed E-state index contributed by atoms with van der Waals surface area (Å²) in [5.74, 6) is -2.79. The number of carboxylic acid groups (broad SMARTS) is 1. The van der Waals surface area contributed by atoms with E-state index < -0.39 is 29.9 Å². The van der Waals surface area contributed by atoms with Crippen molar-refractivity contribution >= 4 is 17.8 Å². The lowest BCUT2D eigenvalue weighted by molar-refractivity contribution is -0.147. The Morgan fingerprint density at radius 1 is 1.06 bits per heavy atom. The van der Waals surface area contributed by atoms with Gasteiger partial charge < -0.3 is 15.5 Å². The lowest BCUT2D eigenvalue weighted by Gasteiger charge is -2.20. The molecule has 2 atom stereocenters. The molecule has 2 aromatic carbocycles. The summed E-state index contributed by atoms with van der Waals surface area (Å²) in [5.41, 5.74) is 2.71. The summed E-state index contributed by atoms with van der Waals surface area (Å²) in [6.45, 7) is 1.62. The van der Waals surface area contributed by atoms with E-state index >= 15 is 0 Å². The summed E-state index contributed by atoms with van der Waals surface area (Å²) < 4.78 is 0. The number of aromatic nitrogens is 2. The predicted molar refractivity (Wildman–Crippen MR) is 122 cm³/mol. The van der Waals surface area contributed by atoms with Crippen LogP contribution in [0.15, 0.2) is 60.7 Å². The first kappa shape index (κ1) is 24.6. The molecule has 0 bridgehead atoms. The maximum Gasteiger partial charge on any atom is 0.332 e. The molecule has 0 aliphatic carbocycles. The van der Waals surface area contributed by atoms with Crippen LogP contribution >= 0.6 is 0 Å². The van der Waals surface area contributed by atoms with E-state index in [1.165, 1.54) is 6.07 Å². The Balaban J connectivity index is 1.73. The fourth-order valence-corrected chi connectivity index (χ4v) is 3.40. The van der Waals surface area contributed by atoms with E-state index in [0.29, 0.717) is 5.06 Å². The van der Waals surface area contributed by atoms with Crippen LogP contribution in [-0.2, 0) is 11.2 Å². The van der Waals surface area contributed by atoms with Crippen molar-refractivity contribution in [1.29, 1.82) is 0 Å². The molecular weight excluding hydrogens is 440 g/mol. The number of aliphatic hydroxyl groups excluding tert-OH is 1. The second-order valence-electron chi connectivity index (χ2n) is 7.71. The highest BCUT2D eigenvalue weighted by Crippen LogP contribution is 2.20. The molecule has 0 aliphatic rings. The van der Waals surface area contributed by atoms with Crippen molar-refractivity contribution < 1.29 is 29.8 Å². The fourth-order valence-electron chi connectivity index (χ4n) is 3.40. The SMILES string of the molecule is CCN(O)C(=O)c1cc(C(=O)NC(Cc2ccc(-c3ccccc3)cc2)CC(O)C(=O)O)[nH]n1. The zero-order chi connectivity index (χ0) is 24.7. The van der Waals surface area contributed by atoms with E-state index in [0.717, 1.165) is 16.7 Å². The molecule has 3 rings (SSSR count). The molecule has 0 saturated heterocycles. The van der Waals surface area contributed by atoms with Crippen molar-refractivity contribution in [3.63, 3.8) is 0 Å². The van der Waals surface area contributed by atoms with Crippen molar-refractivity contribution in [2.45, 2.75) is 31.9 Å². The number of nitrogens with zero attached hydrogens (tertiary/aromatic N) is 2. The van der Waals surface area contributed by atoms with Crippen molar-refractivity contribution in [2.75, 3.05) is 6.54 Å². The molecule has 3 aromatic rings. The highest BCUT2D eigenvalue weighted by atomic mass is 16.5. The molecule has 10 heteroatoms. The Labute approximate surface area is 195 Å². The van der Waals surface area contributed by atoms with Crippen LogP contribution in [-0.4, -0.2) is 67.2 Å². The first-order valence-electron chi connectivity index (χ1n) is 10.7. The van der Waals surface area contributed by atoms with Crippen molar-refractivity contribution in [1.82, 2.24) is 20.6 Å². The molecule has 34 heavy (non-hydrogen) atoms. The topological polar surface area (TPSA) is 156 Å². The quantitative estimate of drug-likeness (QED) is 0.226. The van der Waals surface area contributed by atoms with E-state index in [2.05, 4.69) is 15.5 Å². The Morgan fingerprint density at radius 3 is 2.32 bits per heavy atom. The van der Waals surface area contributed by atoms with Crippen LogP contribution in [0.25, 0.3) is 11.1 Å². The lowest BCUT2D eigenvalue weighted by atomic mass is 9.97. The van der Waals surface area contributed by atoms with Gasteiger partial charge in [0.2, 0.25) is 0 Å². The number of carbonyl (C=O) groups excluding carboxylic acids is 2. The number of hydrogen-bond acceptors (Lipinski definition) is 6. The van der Waals surface area contributed by atoms with Gasteiger partial charge in [-0.15, -0.1) is 0 Å². The highest BCUT2D eigenvalue weighted by Gasteiger charge is 2.24. The number of carboxylic acids is 1. The molecule has 5 N–H and O–H groups in total. The van der Waals surface area contributed by atoms with Crippen LogP contribution < -0.4 is 5.32 Å². The molecule has 1 heterocycles. The number of aliphatic carboxylic acids is 1. The number of H-pyrrole nitrogens is 1. The lowest BCUT2D eigenvalue weighted by Crippen LogP contribution is -2.40. The van der Waals surface area contributed by atoms with Gasteiger partial charge in [0, 0.05) is 25.1 Å². The van der Waals surface area contributed by atoms with E-state index in [9.17, 15) is 24.7 Å². The van der Waals surface area contributed by atoms with Gasteiger partial charge in [0.15, 0.2) is 11.8 Å². The average molecular weight is 466 g/mol. The Morgan fingerprint density at radius 2 is 1.71 bits per heavy atom. The first-order valence-corrected chi connectivity index (χ1v) is 10.7. The van der Waals surface area contributed by atoms with Gasteiger partial charge in [-0.2, -0.15) is 5.10 Å². The van der Waals surface area contributed by atoms with Gasteiger partial charge >= 0.3 is 5.97 Å². The van der Waals surface area contributed by atoms with Crippen LogP contribution in [0.5, 0.6) is 0 Å². The van der Waals surface area contributed by atoms with Gasteiger partial charge in [0.05, 0.1) is 0 Å². The molecule has 0 saturated carbocycles. The largest absolute Gasteiger partial charge is 0.479 e. The molecule has 2 amide bonds. The molecule has 0 radical (unpaired) electrons. The molecular formula is C24H26N4O6. The van der Waals surface area contributed by atoms with Gasteiger partial charge in [-0.1, -0.05) is 54.6 Å². The monoisotopic (exact) mass is 466 g/mol. The van der Waals surface area contributed by atoms with Gasteiger partial charge in [-0.3, -0.25) is 19.9 Å². The van der Waals surface area contributed by atoms with Crippen LogP contribution in [0.2, 0.25) is 0 Å². The van der Waals surface area contributed by atoms with E-state index in [1.807, 2.05) is 54.6 Å². The third-order valence-electron chi connectivity index (χ3n) is 5.25. The van der Waals surface area contributed by atoms with E-state index in [-0.39, 0.29) is 30.8 Å². The summed E-state index contributed by atoms with van der Waals surface area (Å²) >= 11 is 0.